The van der Waals surface area contributed by atoms with Crippen molar-refractivity contribution in [1.82, 2.24) is 9.78 Å². The quantitative estimate of drug-likeness (QED) is 0.582. The molecule has 1 aromatic heterocycles. The second-order valence-corrected chi connectivity index (χ2v) is 6.46. The van der Waals surface area contributed by atoms with Gasteiger partial charge in [-0.05, 0) is 31.7 Å². The molecule has 0 bridgehead atoms. The Morgan fingerprint density at radius 2 is 1.56 bits per heavy atom. The zero-order valence-electron chi connectivity index (χ0n) is 11.2. The molecule has 2 nitrogen and oxygen atoms in total. The lowest BCUT2D eigenvalue weighted by Crippen LogP contribution is -2.10. The van der Waals surface area contributed by atoms with E-state index >= 15 is 0 Å². The Bertz CT molecular complexity index is 432. The number of nitrogens with one attached hydrogen (secondary N) is 1. The highest BCUT2D eigenvalue weighted by Gasteiger charge is 2.21. The maximum Gasteiger partial charge on any atom is 0.122 e. The van der Waals surface area contributed by atoms with Crippen LogP contribution in [0.1, 0.15) is 81.9 Å². The Labute approximate surface area is 115 Å². The first-order chi connectivity index (χ1) is 8.84. The summed E-state index contributed by atoms with van der Waals surface area (Å²) in [6.07, 6.45) is 13.6. The molecule has 2 aliphatic rings. The number of hydrogen-bond acceptors (Lipinski definition) is 1. The van der Waals surface area contributed by atoms with E-state index in [-0.39, 0.29) is 0 Å². The summed E-state index contributed by atoms with van der Waals surface area (Å²) in [4.78, 5) is 0. The first kappa shape index (κ1) is 12.5. The summed E-state index contributed by atoms with van der Waals surface area (Å²) < 4.78 is 3.33. The second-order valence-electron chi connectivity index (χ2n) is 6.05. The van der Waals surface area contributed by atoms with Gasteiger partial charge >= 0.3 is 0 Å². The van der Waals surface area contributed by atoms with Crippen molar-refractivity contribution in [2.75, 3.05) is 0 Å². The van der Waals surface area contributed by atoms with Gasteiger partial charge in [-0.15, -0.1) is 0 Å². The van der Waals surface area contributed by atoms with E-state index in [0.29, 0.717) is 6.04 Å². The Balaban J connectivity index is 1.80. The third-order valence-corrected chi connectivity index (χ3v) is 5.07. The van der Waals surface area contributed by atoms with E-state index in [9.17, 15) is 0 Å². The molecular formula is C15H24N2S. The van der Waals surface area contributed by atoms with E-state index in [2.05, 4.69) is 15.8 Å². The van der Waals surface area contributed by atoms with Crippen LogP contribution in [0.15, 0.2) is 6.07 Å². The van der Waals surface area contributed by atoms with Crippen LogP contribution in [-0.4, -0.2) is 9.78 Å². The molecule has 0 unspecified atom stereocenters. The Morgan fingerprint density at radius 3 is 2.22 bits per heavy atom. The van der Waals surface area contributed by atoms with Crippen LogP contribution in [-0.2, 0) is 0 Å². The Hall–Kier alpha value is -0.570. The summed E-state index contributed by atoms with van der Waals surface area (Å²) in [5.41, 5.74) is 1.40. The van der Waals surface area contributed by atoms with Crippen LogP contribution in [0.2, 0.25) is 0 Å². The molecule has 1 N–H and O–H groups in total. The molecule has 2 fully saturated rings. The molecule has 0 atom stereocenters. The van der Waals surface area contributed by atoms with Crippen LogP contribution in [0, 0.1) is 4.64 Å². The minimum absolute atomic E-state index is 0.634. The molecule has 0 spiro atoms. The van der Waals surface area contributed by atoms with Crippen LogP contribution in [0.3, 0.4) is 0 Å². The highest BCUT2D eigenvalue weighted by molar-refractivity contribution is 7.71. The van der Waals surface area contributed by atoms with Gasteiger partial charge in [-0.25, -0.2) is 0 Å². The zero-order chi connectivity index (χ0) is 12.4. The number of nitrogens with zero attached hydrogens (tertiary/aromatic N) is 1. The number of aromatic amines is 1. The molecule has 18 heavy (non-hydrogen) atoms. The van der Waals surface area contributed by atoms with Gasteiger partial charge < -0.3 is 5.10 Å². The van der Waals surface area contributed by atoms with Crippen LogP contribution < -0.4 is 0 Å². The van der Waals surface area contributed by atoms with Crippen LogP contribution >= 0.6 is 12.2 Å². The fourth-order valence-corrected chi connectivity index (χ4v) is 3.98. The SMILES string of the molecule is S=c1cc(C2CCCC2)[nH]n1C1CCCCCC1. The molecular weight excluding hydrogens is 240 g/mol. The van der Waals surface area contributed by atoms with E-state index < -0.39 is 0 Å². The highest BCUT2D eigenvalue weighted by Crippen LogP contribution is 2.34. The summed E-state index contributed by atoms with van der Waals surface area (Å²) in [7, 11) is 0. The van der Waals surface area contributed by atoms with Gasteiger partial charge in [-0.1, -0.05) is 50.7 Å². The lowest BCUT2D eigenvalue weighted by atomic mass is 10.1. The lowest BCUT2D eigenvalue weighted by Gasteiger charge is -2.16. The molecule has 0 saturated heterocycles. The zero-order valence-corrected chi connectivity index (χ0v) is 12.0. The Morgan fingerprint density at radius 1 is 0.944 bits per heavy atom. The average Bonchev–Trinajstić information content (AvgIpc) is 2.93. The highest BCUT2D eigenvalue weighted by atomic mass is 32.1. The van der Waals surface area contributed by atoms with Gasteiger partial charge in [0.1, 0.15) is 4.64 Å². The molecule has 2 aliphatic carbocycles. The predicted molar refractivity (Wildman–Crippen MR) is 77.6 cm³/mol. The van der Waals surface area contributed by atoms with Crippen LogP contribution in [0.4, 0.5) is 0 Å². The number of hydrogen-bond donors (Lipinski definition) is 1. The second kappa shape index (κ2) is 5.60. The molecule has 1 heterocycles. The van der Waals surface area contributed by atoms with Crippen molar-refractivity contribution in [2.24, 2.45) is 0 Å². The molecule has 0 radical (unpaired) electrons. The van der Waals surface area contributed by atoms with Crippen molar-refractivity contribution in [1.29, 1.82) is 0 Å². The van der Waals surface area contributed by atoms with Gasteiger partial charge in [0, 0.05) is 11.6 Å². The van der Waals surface area contributed by atoms with E-state index in [1.165, 1.54) is 69.9 Å². The van der Waals surface area contributed by atoms with Gasteiger partial charge in [-0.3, -0.25) is 4.68 Å². The molecule has 0 aliphatic heterocycles. The predicted octanol–water partition coefficient (Wildman–Crippen LogP) is 5.10. The fraction of sp³-hybridized carbons (Fsp3) is 0.800. The van der Waals surface area contributed by atoms with E-state index in [1.807, 2.05) is 0 Å². The van der Waals surface area contributed by atoms with Gasteiger partial charge in [0.2, 0.25) is 0 Å². The summed E-state index contributed by atoms with van der Waals surface area (Å²) in [6, 6.07) is 2.87. The summed E-state index contributed by atoms with van der Waals surface area (Å²) in [5.74, 6) is 0.749. The average molecular weight is 264 g/mol. The van der Waals surface area contributed by atoms with Crippen LogP contribution in [0.25, 0.3) is 0 Å². The van der Waals surface area contributed by atoms with E-state index in [0.717, 1.165) is 10.6 Å². The maximum absolute atomic E-state index is 5.57. The molecule has 100 valence electrons. The molecule has 2 saturated carbocycles. The van der Waals surface area contributed by atoms with Gasteiger partial charge in [0.15, 0.2) is 0 Å². The minimum Gasteiger partial charge on any atom is -0.301 e. The summed E-state index contributed by atoms with van der Waals surface area (Å²) >= 11 is 5.57. The maximum atomic E-state index is 5.57. The molecule has 3 rings (SSSR count). The van der Waals surface area contributed by atoms with Crippen molar-refractivity contribution >= 4 is 12.2 Å². The van der Waals surface area contributed by atoms with Crippen molar-refractivity contribution in [3.63, 3.8) is 0 Å². The minimum atomic E-state index is 0.634. The third-order valence-electron chi connectivity index (χ3n) is 4.75. The topological polar surface area (TPSA) is 20.7 Å². The first-order valence-corrected chi connectivity index (χ1v) is 8.07. The number of aromatic nitrogens is 2. The normalized spacial score (nSPS) is 23.3. The first-order valence-electron chi connectivity index (χ1n) is 7.66. The van der Waals surface area contributed by atoms with Gasteiger partial charge in [0.25, 0.3) is 0 Å². The van der Waals surface area contributed by atoms with Gasteiger partial charge in [0.05, 0.1) is 6.04 Å². The van der Waals surface area contributed by atoms with E-state index in [1.54, 1.807) is 0 Å². The lowest BCUT2D eigenvalue weighted by molar-refractivity contribution is 0.397. The fourth-order valence-electron chi connectivity index (χ4n) is 3.66. The van der Waals surface area contributed by atoms with Crippen molar-refractivity contribution in [2.45, 2.75) is 76.2 Å². The van der Waals surface area contributed by atoms with Crippen LogP contribution in [0.5, 0.6) is 0 Å². The molecule has 3 heteroatoms. The summed E-state index contributed by atoms with van der Waals surface area (Å²) in [6.45, 7) is 0. The van der Waals surface area contributed by atoms with Gasteiger partial charge in [-0.2, -0.15) is 0 Å². The number of rotatable bonds is 2. The van der Waals surface area contributed by atoms with Crippen molar-refractivity contribution in [3.05, 3.63) is 16.4 Å². The smallest absolute Gasteiger partial charge is 0.122 e. The molecule has 0 amide bonds. The molecule has 1 aromatic rings. The third kappa shape index (κ3) is 2.56. The standard InChI is InChI=1S/C15H24N2S/c18-15-11-14(12-7-5-6-8-12)16-17(15)13-9-3-1-2-4-10-13/h11-13,16H,1-10H2. The number of H-pyrrole nitrogens is 1. The largest absolute Gasteiger partial charge is 0.301 e. The van der Waals surface area contributed by atoms with E-state index in [4.69, 9.17) is 12.2 Å². The van der Waals surface area contributed by atoms with Crippen molar-refractivity contribution < 1.29 is 0 Å². The molecule has 0 aromatic carbocycles. The monoisotopic (exact) mass is 264 g/mol. The Kier molecular flexibility index (Phi) is 3.88. The van der Waals surface area contributed by atoms with Crippen molar-refractivity contribution in [3.8, 4) is 0 Å². The summed E-state index contributed by atoms with van der Waals surface area (Å²) in [5, 5.41) is 3.63.